The van der Waals surface area contributed by atoms with Gasteiger partial charge in [-0.2, -0.15) is 0 Å². The molecule has 2 rings (SSSR count). The fraction of sp³-hybridized carbons (Fsp3) is 0.333. The summed E-state index contributed by atoms with van der Waals surface area (Å²) < 4.78 is 10.7. The third-order valence-corrected chi connectivity index (χ3v) is 2.51. The predicted octanol–water partition coefficient (Wildman–Crippen LogP) is 2.16. The van der Waals surface area contributed by atoms with Gasteiger partial charge >= 0.3 is 0 Å². The molecule has 0 radical (unpaired) electrons. The Labute approximate surface area is 99.6 Å². The number of nitrogens with two attached hydrogens (primary N) is 1. The Morgan fingerprint density at radius 1 is 1.41 bits per heavy atom. The summed E-state index contributed by atoms with van der Waals surface area (Å²) in [5.41, 5.74) is 6.65. The van der Waals surface area contributed by atoms with Crippen LogP contribution in [0.1, 0.15) is 25.3 Å². The summed E-state index contributed by atoms with van der Waals surface area (Å²) in [5, 5.41) is 7.91. The van der Waals surface area contributed by atoms with Crippen molar-refractivity contribution >= 4 is 0 Å². The van der Waals surface area contributed by atoms with E-state index in [4.69, 9.17) is 14.9 Å². The number of aromatic nitrogens is 2. The molecule has 5 heteroatoms. The maximum atomic E-state index is 5.82. The molecule has 90 valence electrons. The van der Waals surface area contributed by atoms with Gasteiger partial charge in [-0.05, 0) is 24.6 Å². The molecule has 0 amide bonds. The molecule has 1 aromatic heterocycles. The van der Waals surface area contributed by atoms with Crippen LogP contribution in [0.25, 0.3) is 11.5 Å². The Morgan fingerprint density at radius 3 is 2.94 bits per heavy atom. The minimum absolute atomic E-state index is 0.207. The van der Waals surface area contributed by atoms with Gasteiger partial charge < -0.3 is 14.9 Å². The van der Waals surface area contributed by atoms with E-state index >= 15 is 0 Å². The van der Waals surface area contributed by atoms with Crippen molar-refractivity contribution in [1.29, 1.82) is 0 Å². The molecule has 0 aliphatic rings. The quantitative estimate of drug-likeness (QED) is 0.875. The van der Waals surface area contributed by atoms with E-state index in [1.807, 2.05) is 31.2 Å². The van der Waals surface area contributed by atoms with E-state index in [-0.39, 0.29) is 6.04 Å². The first-order valence-electron chi connectivity index (χ1n) is 5.48. The van der Waals surface area contributed by atoms with E-state index < -0.39 is 0 Å². The zero-order chi connectivity index (χ0) is 12.3. The first-order valence-corrected chi connectivity index (χ1v) is 5.48. The monoisotopic (exact) mass is 233 g/mol. The van der Waals surface area contributed by atoms with Gasteiger partial charge in [-0.3, -0.25) is 0 Å². The van der Waals surface area contributed by atoms with Gasteiger partial charge in [0.1, 0.15) is 5.75 Å². The zero-order valence-corrected chi connectivity index (χ0v) is 9.88. The van der Waals surface area contributed by atoms with Gasteiger partial charge in [-0.15, -0.1) is 10.2 Å². The third-order valence-electron chi connectivity index (χ3n) is 2.51. The van der Waals surface area contributed by atoms with Crippen LogP contribution in [-0.4, -0.2) is 17.3 Å². The highest BCUT2D eigenvalue weighted by Gasteiger charge is 2.13. The van der Waals surface area contributed by atoms with Crippen molar-refractivity contribution in [3.63, 3.8) is 0 Å². The molecule has 1 unspecified atom stereocenters. The molecule has 2 N–H and O–H groups in total. The molecule has 0 fully saturated rings. The molecular formula is C12H15N3O2. The lowest BCUT2D eigenvalue weighted by Crippen LogP contribution is -2.08. The Balaban J connectivity index is 2.30. The van der Waals surface area contributed by atoms with Crippen molar-refractivity contribution < 1.29 is 9.15 Å². The first-order chi connectivity index (χ1) is 8.24. The number of ether oxygens (including phenoxy) is 1. The van der Waals surface area contributed by atoms with Gasteiger partial charge in [-0.1, -0.05) is 13.0 Å². The molecule has 0 aliphatic heterocycles. The lowest BCUT2D eigenvalue weighted by Gasteiger charge is -2.01. The Morgan fingerprint density at radius 2 is 2.24 bits per heavy atom. The minimum atomic E-state index is -0.207. The maximum Gasteiger partial charge on any atom is 0.247 e. The Bertz CT molecular complexity index is 496. The van der Waals surface area contributed by atoms with Crippen LogP contribution in [0.5, 0.6) is 5.75 Å². The van der Waals surface area contributed by atoms with Gasteiger partial charge in [0.2, 0.25) is 11.8 Å². The molecular weight excluding hydrogens is 218 g/mol. The number of nitrogens with zero attached hydrogens (tertiary/aromatic N) is 2. The summed E-state index contributed by atoms with van der Waals surface area (Å²) in [7, 11) is 1.62. The SMILES string of the molecule is CCC(N)c1nnc(-c2cccc(OC)c2)o1. The molecule has 1 aromatic carbocycles. The van der Waals surface area contributed by atoms with Crippen LogP contribution in [0.15, 0.2) is 28.7 Å². The fourth-order valence-electron chi connectivity index (χ4n) is 1.43. The molecule has 17 heavy (non-hydrogen) atoms. The van der Waals surface area contributed by atoms with Crippen molar-refractivity contribution in [2.24, 2.45) is 5.73 Å². The van der Waals surface area contributed by atoms with Gasteiger partial charge in [0.25, 0.3) is 0 Å². The Hall–Kier alpha value is -1.88. The zero-order valence-electron chi connectivity index (χ0n) is 9.88. The second-order valence-corrected chi connectivity index (χ2v) is 3.69. The summed E-state index contributed by atoms with van der Waals surface area (Å²) >= 11 is 0. The van der Waals surface area contributed by atoms with Crippen molar-refractivity contribution in [1.82, 2.24) is 10.2 Å². The van der Waals surface area contributed by atoms with E-state index in [9.17, 15) is 0 Å². The first kappa shape index (κ1) is 11.6. The average molecular weight is 233 g/mol. The summed E-state index contributed by atoms with van der Waals surface area (Å²) in [4.78, 5) is 0. The highest BCUT2D eigenvalue weighted by Crippen LogP contribution is 2.24. The second kappa shape index (κ2) is 4.97. The van der Waals surface area contributed by atoms with Crippen LogP contribution in [0.4, 0.5) is 0 Å². The summed E-state index contributed by atoms with van der Waals surface area (Å²) in [6.45, 7) is 1.97. The van der Waals surface area contributed by atoms with Gasteiger partial charge in [0, 0.05) is 5.56 Å². The summed E-state index contributed by atoms with van der Waals surface area (Å²) in [5.74, 6) is 1.68. The van der Waals surface area contributed by atoms with E-state index in [1.54, 1.807) is 7.11 Å². The van der Waals surface area contributed by atoms with Gasteiger partial charge in [0.15, 0.2) is 0 Å². The number of hydrogen-bond acceptors (Lipinski definition) is 5. The number of methoxy groups -OCH3 is 1. The van der Waals surface area contributed by atoms with Crippen LogP contribution in [0.3, 0.4) is 0 Å². The third kappa shape index (κ3) is 2.45. The van der Waals surface area contributed by atoms with Crippen LogP contribution in [0.2, 0.25) is 0 Å². The largest absolute Gasteiger partial charge is 0.497 e. The van der Waals surface area contributed by atoms with E-state index in [1.165, 1.54) is 0 Å². The van der Waals surface area contributed by atoms with E-state index in [0.29, 0.717) is 11.8 Å². The highest BCUT2D eigenvalue weighted by molar-refractivity contribution is 5.55. The molecule has 0 saturated carbocycles. The van der Waals surface area contributed by atoms with Crippen molar-refractivity contribution in [2.75, 3.05) is 7.11 Å². The molecule has 1 heterocycles. The van der Waals surface area contributed by atoms with Crippen molar-refractivity contribution in [3.8, 4) is 17.2 Å². The molecule has 0 saturated heterocycles. The van der Waals surface area contributed by atoms with E-state index in [0.717, 1.165) is 17.7 Å². The molecule has 5 nitrogen and oxygen atoms in total. The molecule has 2 aromatic rings. The Kier molecular flexibility index (Phi) is 3.39. The number of benzene rings is 1. The topological polar surface area (TPSA) is 74.2 Å². The lowest BCUT2D eigenvalue weighted by molar-refractivity contribution is 0.414. The average Bonchev–Trinajstić information content (AvgIpc) is 2.87. The normalized spacial score (nSPS) is 12.4. The molecule has 0 aliphatic carbocycles. The van der Waals surface area contributed by atoms with Crippen molar-refractivity contribution in [3.05, 3.63) is 30.2 Å². The van der Waals surface area contributed by atoms with Crippen LogP contribution in [0, 0.1) is 0 Å². The fourth-order valence-corrected chi connectivity index (χ4v) is 1.43. The number of rotatable bonds is 4. The number of hydrogen-bond donors (Lipinski definition) is 1. The molecule has 0 spiro atoms. The van der Waals surface area contributed by atoms with Crippen LogP contribution >= 0.6 is 0 Å². The van der Waals surface area contributed by atoms with Crippen molar-refractivity contribution in [2.45, 2.75) is 19.4 Å². The van der Waals surface area contributed by atoms with Crippen LogP contribution < -0.4 is 10.5 Å². The maximum absolute atomic E-state index is 5.82. The van der Waals surface area contributed by atoms with Gasteiger partial charge in [-0.25, -0.2) is 0 Å². The summed E-state index contributed by atoms with van der Waals surface area (Å²) in [6.07, 6.45) is 0.764. The summed E-state index contributed by atoms with van der Waals surface area (Å²) in [6, 6.07) is 7.25. The van der Waals surface area contributed by atoms with Gasteiger partial charge in [0.05, 0.1) is 13.2 Å². The standard InChI is InChI=1S/C12H15N3O2/c1-3-10(13)12-15-14-11(17-12)8-5-4-6-9(7-8)16-2/h4-7,10H,3,13H2,1-2H3. The van der Waals surface area contributed by atoms with E-state index in [2.05, 4.69) is 10.2 Å². The molecule has 0 bridgehead atoms. The smallest absolute Gasteiger partial charge is 0.247 e. The lowest BCUT2D eigenvalue weighted by atomic mass is 10.2. The molecule has 1 atom stereocenters. The van der Waals surface area contributed by atoms with Crippen LogP contribution in [-0.2, 0) is 0 Å². The second-order valence-electron chi connectivity index (χ2n) is 3.69. The predicted molar refractivity (Wildman–Crippen MR) is 63.5 cm³/mol. The minimum Gasteiger partial charge on any atom is -0.497 e. The highest BCUT2D eigenvalue weighted by atomic mass is 16.5.